The number of nitrogens with zero attached hydrogens (tertiary/aromatic N) is 2. The van der Waals surface area contributed by atoms with Gasteiger partial charge < -0.3 is 9.72 Å². The van der Waals surface area contributed by atoms with Gasteiger partial charge in [-0.05, 0) is 31.9 Å². The number of ether oxygens (including phenoxy) is 1. The molecule has 5 nitrogen and oxygen atoms in total. The molecule has 0 fully saturated rings. The number of aromatic amines is 1. The Hall–Kier alpha value is -2.14. The third-order valence-corrected chi connectivity index (χ3v) is 3.62. The third-order valence-electron chi connectivity index (χ3n) is 3.62. The number of nitrogens with one attached hydrogen (secondary N) is 1. The van der Waals surface area contributed by atoms with Crippen molar-refractivity contribution in [3.8, 4) is 0 Å². The molecule has 0 amide bonds. The minimum absolute atomic E-state index is 0.0228. The van der Waals surface area contributed by atoms with Crippen molar-refractivity contribution in [2.45, 2.75) is 26.8 Å². The quantitative estimate of drug-likeness (QED) is 0.733. The van der Waals surface area contributed by atoms with E-state index in [0.717, 1.165) is 28.4 Å². The van der Waals surface area contributed by atoms with E-state index < -0.39 is 0 Å². The molecule has 0 aliphatic heterocycles. The zero-order chi connectivity index (χ0) is 14.8. The van der Waals surface area contributed by atoms with Crippen molar-refractivity contribution in [1.82, 2.24) is 14.5 Å². The standard InChI is InChI=1S/C16H19N3O2/c1-3-21-8-4-7-19-10-17-14-12-6-5-11(2)9-13(12)18-15(14)16(19)20/h5-6,9-10,18H,3-4,7-8H2,1-2H3. The Morgan fingerprint density at radius 3 is 3.05 bits per heavy atom. The summed E-state index contributed by atoms with van der Waals surface area (Å²) in [6.07, 6.45) is 2.43. The maximum absolute atomic E-state index is 12.5. The van der Waals surface area contributed by atoms with Gasteiger partial charge in [-0.3, -0.25) is 9.36 Å². The molecule has 3 aromatic rings. The lowest BCUT2D eigenvalue weighted by atomic mass is 10.2. The summed E-state index contributed by atoms with van der Waals surface area (Å²) in [5.41, 5.74) is 3.42. The molecule has 0 spiro atoms. The van der Waals surface area contributed by atoms with Crippen LogP contribution in [0.2, 0.25) is 0 Å². The van der Waals surface area contributed by atoms with E-state index in [2.05, 4.69) is 9.97 Å². The molecular formula is C16H19N3O2. The molecule has 0 radical (unpaired) electrons. The molecule has 0 aliphatic rings. The first-order valence-corrected chi connectivity index (χ1v) is 7.26. The average Bonchev–Trinajstić information content (AvgIpc) is 2.84. The first kappa shape index (κ1) is 13.8. The van der Waals surface area contributed by atoms with E-state index in [1.807, 2.05) is 32.0 Å². The van der Waals surface area contributed by atoms with Crippen molar-refractivity contribution in [3.63, 3.8) is 0 Å². The van der Waals surface area contributed by atoms with Gasteiger partial charge >= 0.3 is 0 Å². The normalized spacial score (nSPS) is 11.5. The van der Waals surface area contributed by atoms with E-state index in [9.17, 15) is 4.79 Å². The maximum Gasteiger partial charge on any atom is 0.277 e. The minimum Gasteiger partial charge on any atom is -0.382 e. The van der Waals surface area contributed by atoms with Crippen LogP contribution >= 0.6 is 0 Å². The van der Waals surface area contributed by atoms with E-state index in [1.165, 1.54) is 0 Å². The molecule has 0 saturated heterocycles. The van der Waals surface area contributed by atoms with Crippen LogP contribution in [0.1, 0.15) is 18.9 Å². The molecule has 2 heterocycles. The highest BCUT2D eigenvalue weighted by Crippen LogP contribution is 2.22. The Balaban J connectivity index is 2.00. The first-order chi connectivity index (χ1) is 10.2. The first-order valence-electron chi connectivity index (χ1n) is 7.26. The summed E-state index contributed by atoms with van der Waals surface area (Å²) in [5.74, 6) is 0. The van der Waals surface area contributed by atoms with Crippen LogP contribution in [0.25, 0.3) is 21.9 Å². The molecule has 0 bridgehead atoms. The van der Waals surface area contributed by atoms with Crippen LogP contribution in [0.5, 0.6) is 0 Å². The van der Waals surface area contributed by atoms with Crippen molar-refractivity contribution in [2.75, 3.05) is 13.2 Å². The number of aromatic nitrogens is 3. The van der Waals surface area contributed by atoms with Gasteiger partial charge in [0.25, 0.3) is 5.56 Å². The largest absolute Gasteiger partial charge is 0.382 e. The molecule has 21 heavy (non-hydrogen) atoms. The number of H-pyrrole nitrogens is 1. The summed E-state index contributed by atoms with van der Waals surface area (Å²) >= 11 is 0. The van der Waals surface area contributed by atoms with Gasteiger partial charge in [-0.15, -0.1) is 0 Å². The number of rotatable bonds is 5. The Bertz CT molecular complexity index is 833. The second-order valence-corrected chi connectivity index (χ2v) is 5.19. The predicted octanol–water partition coefficient (Wildman–Crippen LogP) is 2.61. The fourth-order valence-electron chi connectivity index (χ4n) is 2.55. The minimum atomic E-state index is -0.0228. The number of aryl methyl sites for hydroxylation is 2. The summed E-state index contributed by atoms with van der Waals surface area (Å²) in [4.78, 5) is 20.1. The highest BCUT2D eigenvalue weighted by atomic mass is 16.5. The monoisotopic (exact) mass is 285 g/mol. The fraction of sp³-hybridized carbons (Fsp3) is 0.375. The van der Waals surface area contributed by atoms with Gasteiger partial charge in [0.1, 0.15) is 11.0 Å². The molecule has 0 saturated carbocycles. The molecule has 5 heteroatoms. The van der Waals surface area contributed by atoms with Crippen LogP contribution in [0.3, 0.4) is 0 Å². The zero-order valence-corrected chi connectivity index (χ0v) is 12.3. The molecule has 0 atom stereocenters. The molecular weight excluding hydrogens is 266 g/mol. The molecule has 0 unspecified atom stereocenters. The zero-order valence-electron chi connectivity index (χ0n) is 12.3. The van der Waals surface area contributed by atoms with Gasteiger partial charge in [0, 0.05) is 30.7 Å². The van der Waals surface area contributed by atoms with Gasteiger partial charge in [-0.2, -0.15) is 0 Å². The van der Waals surface area contributed by atoms with Gasteiger partial charge in [-0.1, -0.05) is 12.1 Å². The Morgan fingerprint density at radius 1 is 1.38 bits per heavy atom. The Kier molecular flexibility index (Phi) is 3.75. The van der Waals surface area contributed by atoms with E-state index in [0.29, 0.717) is 25.3 Å². The number of benzene rings is 1. The van der Waals surface area contributed by atoms with Gasteiger partial charge in [0.2, 0.25) is 0 Å². The highest BCUT2D eigenvalue weighted by Gasteiger charge is 2.10. The second kappa shape index (κ2) is 5.69. The van der Waals surface area contributed by atoms with Gasteiger partial charge in [0.15, 0.2) is 0 Å². The van der Waals surface area contributed by atoms with Crippen LogP contribution in [-0.4, -0.2) is 27.7 Å². The lowest BCUT2D eigenvalue weighted by molar-refractivity contribution is 0.141. The second-order valence-electron chi connectivity index (χ2n) is 5.19. The van der Waals surface area contributed by atoms with E-state index >= 15 is 0 Å². The van der Waals surface area contributed by atoms with Gasteiger partial charge in [-0.25, -0.2) is 4.98 Å². The van der Waals surface area contributed by atoms with E-state index in [4.69, 9.17) is 4.74 Å². The number of hydrogen-bond acceptors (Lipinski definition) is 3. The van der Waals surface area contributed by atoms with Crippen molar-refractivity contribution in [1.29, 1.82) is 0 Å². The van der Waals surface area contributed by atoms with Crippen LogP contribution < -0.4 is 5.56 Å². The number of hydrogen-bond donors (Lipinski definition) is 1. The van der Waals surface area contributed by atoms with Crippen LogP contribution in [0, 0.1) is 6.92 Å². The SMILES string of the molecule is CCOCCCn1cnc2c([nH]c3cc(C)ccc32)c1=O. The lowest BCUT2D eigenvalue weighted by Gasteiger charge is -2.05. The van der Waals surface area contributed by atoms with E-state index in [-0.39, 0.29) is 5.56 Å². The van der Waals surface area contributed by atoms with Crippen molar-refractivity contribution in [2.24, 2.45) is 0 Å². The van der Waals surface area contributed by atoms with Crippen LogP contribution in [-0.2, 0) is 11.3 Å². The van der Waals surface area contributed by atoms with Crippen LogP contribution in [0.15, 0.2) is 29.3 Å². The molecule has 0 aliphatic carbocycles. The lowest BCUT2D eigenvalue weighted by Crippen LogP contribution is -2.21. The van der Waals surface area contributed by atoms with Gasteiger partial charge in [0.05, 0.1) is 6.33 Å². The summed E-state index contributed by atoms with van der Waals surface area (Å²) in [7, 11) is 0. The molecule has 2 aromatic heterocycles. The Morgan fingerprint density at radius 2 is 2.24 bits per heavy atom. The molecule has 1 aromatic carbocycles. The summed E-state index contributed by atoms with van der Waals surface area (Å²) in [6.45, 7) is 5.98. The maximum atomic E-state index is 12.5. The van der Waals surface area contributed by atoms with Crippen molar-refractivity contribution >= 4 is 21.9 Å². The topological polar surface area (TPSA) is 59.9 Å². The summed E-state index contributed by atoms with van der Waals surface area (Å²) < 4.78 is 6.94. The molecule has 110 valence electrons. The third kappa shape index (κ3) is 2.56. The summed E-state index contributed by atoms with van der Waals surface area (Å²) in [5, 5.41) is 0.995. The van der Waals surface area contributed by atoms with E-state index in [1.54, 1.807) is 10.9 Å². The smallest absolute Gasteiger partial charge is 0.277 e. The molecule has 1 N–H and O–H groups in total. The van der Waals surface area contributed by atoms with Crippen molar-refractivity contribution in [3.05, 3.63) is 40.4 Å². The predicted molar refractivity (Wildman–Crippen MR) is 83.7 cm³/mol. The number of fused-ring (bicyclic) bond motifs is 3. The Labute approximate surface area is 122 Å². The summed E-state index contributed by atoms with van der Waals surface area (Å²) in [6, 6.07) is 6.08. The molecule has 3 rings (SSSR count). The fourth-order valence-corrected chi connectivity index (χ4v) is 2.55. The van der Waals surface area contributed by atoms with Crippen molar-refractivity contribution < 1.29 is 4.74 Å². The highest BCUT2D eigenvalue weighted by molar-refractivity contribution is 6.04. The average molecular weight is 285 g/mol. The van der Waals surface area contributed by atoms with Crippen LogP contribution in [0.4, 0.5) is 0 Å².